The van der Waals surface area contributed by atoms with Crippen molar-refractivity contribution in [3.05, 3.63) is 12.2 Å². The Morgan fingerprint density at radius 2 is 0.775 bits per heavy atom. The number of likely N-dealkylation sites (N-methyl/N-ethyl adjacent to an activating group) is 1. The fourth-order valence-electron chi connectivity index (χ4n) is 9.80. The summed E-state index contributed by atoms with van der Waals surface area (Å²) in [6.07, 6.45) is 66.9. The standard InChI is InChI=1S/C62H125N2O6P/c1-6-8-10-12-14-16-18-20-22-24-26-27-28-29-30-31-32-33-34-35-36-38-39-41-43-45-47-49-51-53-55-61(65)60(59-70-71(67,68)69-58-57-64(3,4)5)63-62(66)56-54-52-50-48-46-44-42-40-37-25-23-21-19-17-15-13-11-9-7-2/h21,23,60-61,65H,6-20,22,24-59H2,1-5H3,(H-,63,66,67,68)/b23-21-. The molecular formula is C62H125N2O6P. The summed E-state index contributed by atoms with van der Waals surface area (Å²) in [5.41, 5.74) is 0. The number of amides is 1. The molecule has 3 unspecified atom stereocenters. The highest BCUT2D eigenvalue weighted by atomic mass is 31.2. The van der Waals surface area contributed by atoms with Crippen molar-refractivity contribution in [2.24, 2.45) is 0 Å². The Morgan fingerprint density at radius 1 is 0.479 bits per heavy atom. The lowest BCUT2D eigenvalue weighted by atomic mass is 10.0. The molecule has 0 aromatic rings. The average Bonchev–Trinajstić information content (AvgIpc) is 3.33. The van der Waals surface area contributed by atoms with Crippen LogP contribution < -0.4 is 10.2 Å². The van der Waals surface area contributed by atoms with E-state index in [9.17, 15) is 19.4 Å². The third-order valence-corrected chi connectivity index (χ3v) is 15.7. The summed E-state index contributed by atoms with van der Waals surface area (Å²) in [4.78, 5) is 25.6. The average molecular weight is 1030 g/mol. The summed E-state index contributed by atoms with van der Waals surface area (Å²) in [7, 11) is 1.32. The second-order valence-corrected chi connectivity index (χ2v) is 24.5. The summed E-state index contributed by atoms with van der Waals surface area (Å²) in [6.45, 7) is 4.77. The zero-order valence-electron chi connectivity index (χ0n) is 48.5. The van der Waals surface area contributed by atoms with Gasteiger partial charge in [0.2, 0.25) is 5.91 Å². The maximum atomic E-state index is 13.0. The van der Waals surface area contributed by atoms with E-state index in [0.29, 0.717) is 23.9 Å². The van der Waals surface area contributed by atoms with Crippen molar-refractivity contribution in [1.29, 1.82) is 0 Å². The number of phosphoric acid groups is 1. The van der Waals surface area contributed by atoms with Crippen molar-refractivity contribution < 1.29 is 32.9 Å². The van der Waals surface area contributed by atoms with Crippen LogP contribution >= 0.6 is 7.82 Å². The number of hydrogen-bond acceptors (Lipinski definition) is 6. The highest BCUT2D eigenvalue weighted by Crippen LogP contribution is 2.38. The Balaban J connectivity index is 4.04. The number of quaternary nitrogens is 1. The second-order valence-electron chi connectivity index (χ2n) is 23.1. The molecule has 0 spiro atoms. The maximum Gasteiger partial charge on any atom is 0.268 e. The van der Waals surface area contributed by atoms with Gasteiger partial charge in [0.1, 0.15) is 13.2 Å². The van der Waals surface area contributed by atoms with Crippen molar-refractivity contribution in [3.8, 4) is 0 Å². The lowest BCUT2D eigenvalue weighted by molar-refractivity contribution is -0.870. The molecule has 0 heterocycles. The Morgan fingerprint density at radius 3 is 1.10 bits per heavy atom. The summed E-state index contributed by atoms with van der Waals surface area (Å²) in [6, 6.07) is -0.800. The molecule has 0 radical (unpaired) electrons. The second kappa shape index (κ2) is 54.0. The molecule has 1 amide bonds. The summed E-state index contributed by atoms with van der Waals surface area (Å²) >= 11 is 0. The van der Waals surface area contributed by atoms with Crippen LogP contribution in [0.15, 0.2) is 12.2 Å². The van der Waals surface area contributed by atoms with E-state index in [1.807, 2.05) is 21.1 Å². The molecule has 0 rings (SSSR count). The number of aliphatic hydroxyl groups is 1. The van der Waals surface area contributed by atoms with Gasteiger partial charge >= 0.3 is 0 Å². The fraction of sp³-hybridized carbons (Fsp3) is 0.952. The van der Waals surface area contributed by atoms with E-state index < -0.39 is 20.0 Å². The molecule has 0 aliphatic rings. The molecule has 0 saturated carbocycles. The van der Waals surface area contributed by atoms with Crippen LogP contribution in [0, 0.1) is 0 Å². The van der Waals surface area contributed by atoms with Crippen molar-refractivity contribution in [3.63, 3.8) is 0 Å². The Bertz CT molecular complexity index is 1160. The molecule has 0 bridgehead atoms. The van der Waals surface area contributed by atoms with Gasteiger partial charge in [-0.05, 0) is 38.5 Å². The van der Waals surface area contributed by atoms with E-state index in [-0.39, 0.29) is 19.1 Å². The predicted molar refractivity (Wildman–Crippen MR) is 307 cm³/mol. The minimum Gasteiger partial charge on any atom is -0.756 e. The zero-order chi connectivity index (χ0) is 52.0. The number of unbranched alkanes of at least 4 members (excludes halogenated alkanes) is 44. The van der Waals surface area contributed by atoms with Gasteiger partial charge < -0.3 is 28.8 Å². The van der Waals surface area contributed by atoms with E-state index in [2.05, 4.69) is 31.3 Å². The maximum absolute atomic E-state index is 13.0. The molecule has 0 fully saturated rings. The number of carbonyl (C=O) groups excluding carboxylic acids is 1. The summed E-state index contributed by atoms with van der Waals surface area (Å²) in [5, 5.41) is 14.1. The van der Waals surface area contributed by atoms with Gasteiger partial charge in [-0.3, -0.25) is 9.36 Å². The van der Waals surface area contributed by atoms with Crippen molar-refractivity contribution >= 4 is 13.7 Å². The lowest BCUT2D eigenvalue weighted by Gasteiger charge is -2.30. The third-order valence-electron chi connectivity index (χ3n) is 14.8. The highest BCUT2D eigenvalue weighted by Gasteiger charge is 2.24. The smallest absolute Gasteiger partial charge is 0.268 e. The first-order valence-electron chi connectivity index (χ1n) is 31.5. The number of allylic oxidation sites excluding steroid dienone is 2. The van der Waals surface area contributed by atoms with Crippen LogP contribution in [0.1, 0.15) is 328 Å². The minimum absolute atomic E-state index is 0.0144. The summed E-state index contributed by atoms with van der Waals surface area (Å²) < 4.78 is 23.5. The van der Waals surface area contributed by atoms with Gasteiger partial charge in [-0.15, -0.1) is 0 Å². The quantitative estimate of drug-likeness (QED) is 0.0272. The number of phosphoric ester groups is 1. The highest BCUT2D eigenvalue weighted by molar-refractivity contribution is 7.45. The first-order chi connectivity index (χ1) is 34.5. The largest absolute Gasteiger partial charge is 0.756 e. The van der Waals surface area contributed by atoms with Crippen LogP contribution in [0.2, 0.25) is 0 Å². The van der Waals surface area contributed by atoms with Gasteiger partial charge in [-0.1, -0.05) is 296 Å². The SMILES string of the molecule is CCCCCCCC/C=C\CCCCCCCCCCCC(=O)NC(COP(=O)([O-])OCC[N+](C)(C)C)C(O)CCCCCCCCCCCCCCCCCCCCCCCCCCCCCCCC. The molecule has 424 valence electrons. The number of nitrogens with one attached hydrogen (secondary N) is 1. The monoisotopic (exact) mass is 1020 g/mol. The first kappa shape index (κ1) is 70.2. The molecule has 0 aliphatic carbocycles. The number of carbonyl (C=O) groups is 1. The van der Waals surface area contributed by atoms with Crippen LogP contribution in [0.4, 0.5) is 0 Å². The van der Waals surface area contributed by atoms with Crippen molar-refractivity contribution in [2.75, 3.05) is 40.9 Å². The van der Waals surface area contributed by atoms with Crippen molar-refractivity contribution in [2.45, 2.75) is 341 Å². The molecule has 2 N–H and O–H groups in total. The van der Waals surface area contributed by atoms with E-state index in [1.165, 1.54) is 263 Å². The number of nitrogens with zero attached hydrogens (tertiary/aromatic N) is 1. The van der Waals surface area contributed by atoms with Gasteiger partial charge in [0.05, 0.1) is 39.9 Å². The van der Waals surface area contributed by atoms with E-state index in [4.69, 9.17) is 9.05 Å². The minimum atomic E-state index is -4.57. The molecule has 0 aliphatic heterocycles. The van der Waals surface area contributed by atoms with Crippen LogP contribution in [0.25, 0.3) is 0 Å². The van der Waals surface area contributed by atoms with E-state index in [1.54, 1.807) is 0 Å². The van der Waals surface area contributed by atoms with Gasteiger partial charge in [0, 0.05) is 6.42 Å². The molecule has 9 heteroatoms. The normalized spacial score (nSPS) is 13.8. The zero-order valence-corrected chi connectivity index (χ0v) is 49.4. The molecule has 0 aromatic carbocycles. The van der Waals surface area contributed by atoms with Crippen LogP contribution in [-0.4, -0.2) is 68.5 Å². The molecule has 71 heavy (non-hydrogen) atoms. The van der Waals surface area contributed by atoms with Gasteiger partial charge in [-0.2, -0.15) is 0 Å². The topological polar surface area (TPSA) is 108 Å². The first-order valence-corrected chi connectivity index (χ1v) is 33.0. The number of rotatable bonds is 59. The molecule has 0 aromatic heterocycles. The number of aliphatic hydroxyl groups excluding tert-OH is 1. The Kier molecular flexibility index (Phi) is 53.5. The van der Waals surface area contributed by atoms with Crippen molar-refractivity contribution in [1.82, 2.24) is 5.32 Å². The molecular weight excluding hydrogens is 900 g/mol. The third kappa shape index (κ3) is 56.8. The Hall–Kier alpha value is -0.760. The predicted octanol–water partition coefficient (Wildman–Crippen LogP) is 18.8. The molecule has 8 nitrogen and oxygen atoms in total. The van der Waals surface area contributed by atoms with Gasteiger partial charge in [0.25, 0.3) is 7.82 Å². The number of hydrogen-bond donors (Lipinski definition) is 2. The fourth-order valence-corrected chi connectivity index (χ4v) is 10.5. The van der Waals surface area contributed by atoms with Crippen LogP contribution in [0.5, 0.6) is 0 Å². The molecule has 3 atom stereocenters. The van der Waals surface area contributed by atoms with E-state index in [0.717, 1.165) is 38.5 Å². The van der Waals surface area contributed by atoms with Gasteiger partial charge in [0.15, 0.2) is 0 Å². The van der Waals surface area contributed by atoms with Gasteiger partial charge in [-0.25, -0.2) is 0 Å². The van der Waals surface area contributed by atoms with Crippen LogP contribution in [0.3, 0.4) is 0 Å². The Labute approximate surface area is 443 Å². The van der Waals surface area contributed by atoms with E-state index >= 15 is 0 Å². The lowest BCUT2D eigenvalue weighted by Crippen LogP contribution is -2.46. The van der Waals surface area contributed by atoms with Crippen LogP contribution in [-0.2, 0) is 18.4 Å². The summed E-state index contributed by atoms with van der Waals surface area (Å²) in [5.74, 6) is -0.161. The molecule has 0 saturated heterocycles.